The zero-order chi connectivity index (χ0) is 23.5. The van der Waals surface area contributed by atoms with Gasteiger partial charge in [-0.1, -0.05) is 0 Å². The summed E-state index contributed by atoms with van der Waals surface area (Å²) in [6.07, 6.45) is -28.5. The Kier molecular flexibility index (Phi) is 7.33. The van der Waals surface area contributed by atoms with E-state index in [-0.39, 0.29) is 0 Å². The molecule has 2 atom stereocenters. The number of halogens is 12. The zero-order valence-corrected chi connectivity index (χ0v) is 16.4. The van der Waals surface area contributed by atoms with Crippen LogP contribution in [0.3, 0.4) is 0 Å². The molecule has 0 fully saturated rings. The van der Waals surface area contributed by atoms with E-state index in [0.29, 0.717) is 0 Å². The third-order valence-electron chi connectivity index (χ3n) is 2.74. The number of hydrogen-bond acceptors (Lipinski definition) is 4. The molecule has 29 heavy (non-hydrogen) atoms. The minimum atomic E-state index is -7.11. The standard InChI is InChI=1S/C11H9F12O4.CH2.Cf/c1-2-3-7(13,14)27-8(15,10(19,20)21)11(22,23)26-6(12,4-25-5-24)9(16,17)18;;/h2-4H2,1H3;1H2;. The SMILES string of the molecule is [CH2]=[Cf][C](=O)OCC(F)(OC(F)(F)C(F)(OC(F)(F)CCC)C(F)(F)F)C(F)(F)F. The first-order chi connectivity index (χ1) is 12.7. The molecule has 2 unspecified atom stereocenters. The topological polar surface area (TPSA) is 44.8 Å². The summed E-state index contributed by atoms with van der Waals surface area (Å²) < 4.78 is 164. The molecular formula is C12H11CfF12O4. The van der Waals surface area contributed by atoms with Gasteiger partial charge in [0, 0.05) is 0 Å². The van der Waals surface area contributed by atoms with Crippen LogP contribution in [0.4, 0.5) is 57.5 Å². The van der Waals surface area contributed by atoms with Crippen molar-refractivity contribution in [2.45, 2.75) is 56.0 Å². The first-order valence-electron chi connectivity index (χ1n) is 6.83. The molecule has 177 valence electrons. The van der Waals surface area contributed by atoms with E-state index in [1.807, 2.05) is 0 Å². The Morgan fingerprint density at radius 2 is 1.34 bits per heavy atom. The third kappa shape index (κ3) is 5.95. The summed E-state index contributed by atoms with van der Waals surface area (Å²) in [5, 5.41) is 0. The number of ether oxygens (including phenoxy) is 3. The molecule has 0 amide bonds. The second-order valence-corrected chi connectivity index (χ2v) is 7.05. The van der Waals surface area contributed by atoms with Crippen LogP contribution < -0.4 is 0 Å². The van der Waals surface area contributed by atoms with Gasteiger partial charge in [0.15, 0.2) is 0 Å². The van der Waals surface area contributed by atoms with Gasteiger partial charge >= 0.3 is 148 Å². The Bertz CT molecular complexity index is 592. The third-order valence-corrected chi connectivity index (χ3v) is 3.88. The Balaban J connectivity index is 6.17. The molecule has 0 aliphatic rings. The van der Waals surface area contributed by atoms with E-state index in [2.05, 4.69) is 21.6 Å². The molecule has 0 aromatic heterocycles. The molecule has 0 saturated carbocycles. The maximum absolute atomic E-state index is 13.9. The van der Waals surface area contributed by atoms with E-state index >= 15 is 0 Å². The average molecular weight is 698 g/mol. The molecule has 4 nitrogen and oxygen atoms in total. The van der Waals surface area contributed by atoms with Crippen molar-refractivity contribution >= 4 is 13.9 Å². The van der Waals surface area contributed by atoms with E-state index in [4.69, 9.17) is 0 Å². The molecule has 0 rings (SSSR count). The summed E-state index contributed by atoms with van der Waals surface area (Å²) in [5.74, 6) is -12.8. The van der Waals surface area contributed by atoms with Crippen molar-refractivity contribution in [2.75, 3.05) is 6.61 Å². The van der Waals surface area contributed by atoms with Crippen molar-refractivity contribution in [1.82, 2.24) is 0 Å². The van der Waals surface area contributed by atoms with Crippen molar-refractivity contribution in [2.24, 2.45) is 0 Å². The van der Waals surface area contributed by atoms with Crippen LogP contribution in [0.5, 0.6) is 0 Å². The van der Waals surface area contributed by atoms with Gasteiger partial charge in [0.25, 0.3) is 0 Å². The second kappa shape index (κ2) is 8.04. The first-order valence-corrected chi connectivity index (χ1v) is 10.0. The van der Waals surface area contributed by atoms with Gasteiger partial charge in [-0.05, 0) is 0 Å². The van der Waals surface area contributed by atoms with Crippen LogP contribution in [0, 0.1) is 0 Å². The predicted molar refractivity (Wildman–Crippen MR) is 65.2 cm³/mol. The van der Waals surface area contributed by atoms with Crippen LogP contribution >= 0.6 is 0 Å². The van der Waals surface area contributed by atoms with Crippen molar-refractivity contribution in [3.05, 3.63) is 0 Å². The average Bonchev–Trinajstić information content (AvgIpc) is 2.49. The molecule has 0 aromatic carbocycles. The van der Waals surface area contributed by atoms with Gasteiger partial charge in [-0.2, -0.15) is 0 Å². The van der Waals surface area contributed by atoms with Crippen LogP contribution in [0.1, 0.15) is 19.8 Å². The summed E-state index contributed by atoms with van der Waals surface area (Å²) in [6.45, 7) is -3.48. The Morgan fingerprint density at radius 1 is 0.862 bits per heavy atom. The molecule has 17 heteroatoms. The molecule has 0 N–H and O–H groups in total. The fourth-order valence-corrected chi connectivity index (χ4v) is 1.90. The fraction of sp³-hybridized carbons (Fsp3) is 0.833. The summed E-state index contributed by atoms with van der Waals surface area (Å²) in [4.78, 5) is 10.8. The Hall–Kier alpha value is -2.58. The molecule has 0 bridgehead atoms. The summed E-state index contributed by atoms with van der Waals surface area (Å²) in [7, 11) is 2.92. The second-order valence-electron chi connectivity index (χ2n) is 5.04. The number of carbonyl (C=O) groups is 1. The summed E-state index contributed by atoms with van der Waals surface area (Å²) in [6, 6.07) is 0. The maximum atomic E-state index is 13.9. The van der Waals surface area contributed by atoms with Crippen LogP contribution in [-0.4, -0.2) is 56.8 Å². The van der Waals surface area contributed by atoms with Crippen molar-refractivity contribution in [1.29, 1.82) is 0 Å². The van der Waals surface area contributed by atoms with Crippen molar-refractivity contribution in [3.8, 4) is 0 Å². The Labute approximate surface area is 149 Å². The van der Waals surface area contributed by atoms with E-state index in [0.717, 1.165) is 6.92 Å². The van der Waals surface area contributed by atoms with Crippen LogP contribution in [-0.2, 0) is 14.2 Å². The van der Waals surface area contributed by atoms with Gasteiger partial charge < -0.3 is 0 Å². The Morgan fingerprint density at radius 3 is 1.69 bits per heavy atom. The van der Waals surface area contributed by atoms with Crippen molar-refractivity contribution in [3.63, 3.8) is 0 Å². The monoisotopic (exact) mass is 696 g/mol. The predicted octanol–water partition coefficient (Wildman–Crippen LogP) is 5.12. The molecule has 0 spiro atoms. The van der Waals surface area contributed by atoms with Crippen LogP contribution in [0.25, 0.3) is 0 Å². The molecule has 0 heterocycles. The molecule has 0 radical (unpaired) electrons. The van der Waals surface area contributed by atoms with E-state index in [9.17, 15) is 57.5 Å². The number of alkyl halides is 12. The van der Waals surface area contributed by atoms with Gasteiger partial charge in [-0.25, -0.2) is 0 Å². The van der Waals surface area contributed by atoms with Gasteiger partial charge in [-0.15, -0.1) is 0 Å². The normalized spacial score (nSPS) is 17.8. The zero-order valence-electron chi connectivity index (χ0n) is 13.8. The van der Waals surface area contributed by atoms with Gasteiger partial charge in [0.1, 0.15) is 0 Å². The quantitative estimate of drug-likeness (QED) is 0.298. The van der Waals surface area contributed by atoms with E-state index in [1.165, 1.54) is 0 Å². The number of rotatable bonds is 10. The van der Waals surface area contributed by atoms with Gasteiger partial charge in [-0.3, -0.25) is 0 Å². The molecule has 0 aliphatic heterocycles. The molecule has 0 saturated heterocycles. The van der Waals surface area contributed by atoms with E-state index in [1.54, 1.807) is 0 Å². The number of hydrogen-bond donors (Lipinski definition) is 0. The molecular weight excluding hydrogens is 687 g/mol. The first kappa shape index (κ1) is 26.4. The van der Waals surface area contributed by atoms with Gasteiger partial charge in [0.05, 0.1) is 0 Å². The fourth-order valence-electron chi connectivity index (χ4n) is 1.45. The van der Waals surface area contributed by atoms with E-state index < -0.39 is 62.2 Å². The van der Waals surface area contributed by atoms with Crippen LogP contribution in [0.2, 0.25) is 0 Å². The molecule has 0 aromatic rings. The molecule has 0 aliphatic carbocycles. The minimum absolute atomic E-state index is 0.728. The van der Waals surface area contributed by atoms with Crippen molar-refractivity contribution < 1.29 is 71.7 Å². The number of carbonyl (C=O) groups excluding carboxylic acids is 1. The summed E-state index contributed by atoms with van der Waals surface area (Å²) >= 11 is 0. The van der Waals surface area contributed by atoms with Crippen LogP contribution in [0.15, 0.2) is 0 Å². The van der Waals surface area contributed by atoms with Gasteiger partial charge in [0.2, 0.25) is 0 Å². The summed E-state index contributed by atoms with van der Waals surface area (Å²) in [5.41, 5.74) is 0.